The Labute approximate surface area is 82.7 Å². The summed E-state index contributed by atoms with van der Waals surface area (Å²) in [7, 11) is 3.47. The summed E-state index contributed by atoms with van der Waals surface area (Å²) in [5.74, 6) is 1.42. The minimum absolute atomic E-state index is 0.0231. The number of aromatic amines is 1. The topological polar surface area (TPSA) is 73.9 Å². The van der Waals surface area contributed by atoms with Crippen molar-refractivity contribution in [1.29, 1.82) is 0 Å². The molecule has 6 heteroatoms. The minimum atomic E-state index is 0.0231. The molecule has 0 saturated carbocycles. The number of nitrogens with one attached hydrogen (secondary N) is 2. The van der Waals surface area contributed by atoms with E-state index in [9.17, 15) is 4.79 Å². The maximum absolute atomic E-state index is 11.4. The summed E-state index contributed by atoms with van der Waals surface area (Å²) in [4.78, 5) is 17.0. The van der Waals surface area contributed by atoms with Crippen molar-refractivity contribution in [3.63, 3.8) is 0 Å². The predicted molar refractivity (Wildman–Crippen MR) is 51.5 cm³/mol. The fourth-order valence-electron chi connectivity index (χ4n) is 1.05. The highest BCUT2D eigenvalue weighted by Crippen LogP contribution is 1.96. The van der Waals surface area contributed by atoms with Gasteiger partial charge in [0.1, 0.15) is 5.82 Å². The van der Waals surface area contributed by atoms with Crippen molar-refractivity contribution in [2.45, 2.75) is 13.5 Å². The van der Waals surface area contributed by atoms with Gasteiger partial charge in [0.15, 0.2) is 5.82 Å². The smallest absolute Gasteiger partial charge is 0.236 e. The lowest BCUT2D eigenvalue weighted by molar-refractivity contribution is -0.129. The molecule has 0 radical (unpaired) electrons. The molecule has 0 spiro atoms. The van der Waals surface area contributed by atoms with Crippen molar-refractivity contribution in [2.24, 2.45) is 0 Å². The molecule has 0 aliphatic carbocycles. The lowest BCUT2D eigenvalue weighted by Gasteiger charge is -2.14. The first-order valence-corrected chi connectivity index (χ1v) is 4.40. The molecular formula is C8H15N5O. The molecule has 0 aliphatic rings. The molecule has 0 atom stereocenters. The monoisotopic (exact) mass is 197 g/mol. The van der Waals surface area contributed by atoms with Crippen LogP contribution in [-0.2, 0) is 11.3 Å². The number of rotatable bonds is 4. The Kier molecular flexibility index (Phi) is 3.58. The molecule has 0 aliphatic heterocycles. The number of carbonyl (C=O) groups excluding carboxylic acids is 1. The second-order valence-corrected chi connectivity index (χ2v) is 3.12. The molecule has 0 aromatic carbocycles. The summed E-state index contributed by atoms with van der Waals surface area (Å²) < 4.78 is 0. The third kappa shape index (κ3) is 2.81. The number of hydrogen-bond acceptors (Lipinski definition) is 4. The number of aryl methyl sites for hydroxylation is 1. The van der Waals surface area contributed by atoms with Crippen LogP contribution >= 0.6 is 0 Å². The van der Waals surface area contributed by atoms with Gasteiger partial charge in [-0.2, -0.15) is 5.10 Å². The van der Waals surface area contributed by atoms with Crippen LogP contribution < -0.4 is 5.32 Å². The van der Waals surface area contributed by atoms with Crippen molar-refractivity contribution in [3.8, 4) is 0 Å². The van der Waals surface area contributed by atoms with Crippen LogP contribution in [0.15, 0.2) is 0 Å². The molecule has 0 bridgehead atoms. The van der Waals surface area contributed by atoms with Gasteiger partial charge in [0.2, 0.25) is 5.91 Å². The second kappa shape index (κ2) is 4.71. The average molecular weight is 197 g/mol. The van der Waals surface area contributed by atoms with Crippen LogP contribution in [0.4, 0.5) is 0 Å². The van der Waals surface area contributed by atoms with E-state index in [2.05, 4.69) is 20.5 Å². The van der Waals surface area contributed by atoms with Crippen LogP contribution in [0.5, 0.6) is 0 Å². The summed E-state index contributed by atoms with van der Waals surface area (Å²) in [5.41, 5.74) is 0. The van der Waals surface area contributed by atoms with E-state index >= 15 is 0 Å². The first kappa shape index (κ1) is 10.6. The minimum Gasteiger partial charge on any atom is -0.337 e. The molecule has 6 nitrogen and oxygen atoms in total. The largest absolute Gasteiger partial charge is 0.337 e. The average Bonchev–Trinajstić information content (AvgIpc) is 2.51. The lowest BCUT2D eigenvalue weighted by Crippen LogP contribution is -2.33. The summed E-state index contributed by atoms with van der Waals surface area (Å²) in [6.45, 7) is 2.59. The molecule has 0 fully saturated rings. The summed E-state index contributed by atoms with van der Waals surface area (Å²) >= 11 is 0. The number of amides is 1. The quantitative estimate of drug-likeness (QED) is 0.668. The van der Waals surface area contributed by atoms with E-state index in [1.54, 1.807) is 19.0 Å². The standard InChI is InChI=1S/C8H15N5O/c1-6-10-7(12-11-6)5-13(3)8(14)4-9-2/h9H,4-5H2,1-3H3,(H,10,11,12). The van der Waals surface area contributed by atoms with E-state index < -0.39 is 0 Å². The molecule has 2 N–H and O–H groups in total. The van der Waals surface area contributed by atoms with Gasteiger partial charge in [-0.15, -0.1) is 0 Å². The molecule has 1 amide bonds. The lowest BCUT2D eigenvalue weighted by atomic mass is 10.4. The first-order chi connectivity index (χ1) is 6.63. The molecule has 0 unspecified atom stereocenters. The molecular weight excluding hydrogens is 182 g/mol. The zero-order valence-electron chi connectivity index (χ0n) is 8.66. The summed E-state index contributed by atoms with van der Waals surface area (Å²) in [5, 5.41) is 9.48. The summed E-state index contributed by atoms with van der Waals surface area (Å²) in [6.07, 6.45) is 0. The fourth-order valence-corrected chi connectivity index (χ4v) is 1.05. The highest BCUT2D eigenvalue weighted by atomic mass is 16.2. The molecule has 1 rings (SSSR count). The maximum atomic E-state index is 11.4. The predicted octanol–water partition coefficient (Wildman–Crippen LogP) is -0.709. The van der Waals surface area contributed by atoms with Crippen LogP contribution in [0, 0.1) is 6.92 Å². The number of aromatic nitrogens is 3. The number of carbonyl (C=O) groups is 1. The molecule has 0 saturated heterocycles. The van der Waals surface area contributed by atoms with Crippen LogP contribution in [-0.4, -0.2) is 46.6 Å². The number of H-pyrrole nitrogens is 1. The number of likely N-dealkylation sites (N-methyl/N-ethyl adjacent to an activating group) is 2. The normalized spacial score (nSPS) is 10.2. The van der Waals surface area contributed by atoms with E-state index in [4.69, 9.17) is 0 Å². The Morgan fingerprint density at radius 2 is 2.36 bits per heavy atom. The van der Waals surface area contributed by atoms with Gasteiger partial charge in [-0.1, -0.05) is 0 Å². The number of nitrogens with zero attached hydrogens (tertiary/aromatic N) is 3. The van der Waals surface area contributed by atoms with Gasteiger partial charge in [0, 0.05) is 7.05 Å². The second-order valence-electron chi connectivity index (χ2n) is 3.12. The summed E-state index contributed by atoms with van der Waals surface area (Å²) in [6, 6.07) is 0. The maximum Gasteiger partial charge on any atom is 0.236 e. The Balaban J connectivity index is 2.48. The third-order valence-electron chi connectivity index (χ3n) is 1.78. The van der Waals surface area contributed by atoms with E-state index in [1.165, 1.54) is 0 Å². The first-order valence-electron chi connectivity index (χ1n) is 4.40. The molecule has 14 heavy (non-hydrogen) atoms. The van der Waals surface area contributed by atoms with Crippen molar-refractivity contribution in [2.75, 3.05) is 20.6 Å². The van der Waals surface area contributed by atoms with Crippen molar-refractivity contribution >= 4 is 5.91 Å². The van der Waals surface area contributed by atoms with Gasteiger partial charge >= 0.3 is 0 Å². The van der Waals surface area contributed by atoms with Gasteiger partial charge in [-0.05, 0) is 14.0 Å². The SMILES string of the molecule is CNCC(=O)N(C)Cc1n[nH]c(C)n1. The van der Waals surface area contributed by atoms with Crippen molar-refractivity contribution < 1.29 is 4.79 Å². The highest BCUT2D eigenvalue weighted by Gasteiger charge is 2.10. The third-order valence-corrected chi connectivity index (χ3v) is 1.78. The van der Waals surface area contributed by atoms with Gasteiger partial charge in [-0.25, -0.2) is 4.98 Å². The Morgan fingerprint density at radius 1 is 1.64 bits per heavy atom. The van der Waals surface area contributed by atoms with Gasteiger partial charge in [-0.3, -0.25) is 9.89 Å². The Hall–Kier alpha value is -1.43. The molecule has 78 valence electrons. The van der Waals surface area contributed by atoms with E-state index in [-0.39, 0.29) is 5.91 Å². The zero-order valence-corrected chi connectivity index (χ0v) is 8.66. The number of hydrogen-bond donors (Lipinski definition) is 2. The fraction of sp³-hybridized carbons (Fsp3) is 0.625. The molecule has 1 aromatic heterocycles. The van der Waals surface area contributed by atoms with Gasteiger partial charge in [0.25, 0.3) is 0 Å². The highest BCUT2D eigenvalue weighted by molar-refractivity contribution is 5.77. The van der Waals surface area contributed by atoms with E-state index in [1.807, 2.05) is 6.92 Å². The molecule has 1 heterocycles. The van der Waals surface area contributed by atoms with Crippen LogP contribution in [0.2, 0.25) is 0 Å². The Morgan fingerprint density at radius 3 is 2.86 bits per heavy atom. The van der Waals surface area contributed by atoms with E-state index in [0.29, 0.717) is 18.9 Å². The van der Waals surface area contributed by atoms with Crippen LogP contribution in [0.1, 0.15) is 11.6 Å². The zero-order chi connectivity index (χ0) is 10.6. The van der Waals surface area contributed by atoms with Gasteiger partial charge in [0.05, 0.1) is 13.1 Å². The van der Waals surface area contributed by atoms with Crippen LogP contribution in [0.3, 0.4) is 0 Å². The van der Waals surface area contributed by atoms with Crippen LogP contribution in [0.25, 0.3) is 0 Å². The van der Waals surface area contributed by atoms with E-state index in [0.717, 1.165) is 5.82 Å². The van der Waals surface area contributed by atoms with Gasteiger partial charge < -0.3 is 10.2 Å². The molecule has 1 aromatic rings. The van der Waals surface area contributed by atoms with Crippen molar-refractivity contribution in [1.82, 2.24) is 25.4 Å². The van der Waals surface area contributed by atoms with Crippen molar-refractivity contribution in [3.05, 3.63) is 11.6 Å². The Bertz CT molecular complexity index is 308.